The third kappa shape index (κ3) is 4.55. The minimum Gasteiger partial charge on any atom is -0.338 e. The van der Waals surface area contributed by atoms with E-state index in [0.717, 1.165) is 17.4 Å². The number of halogens is 1. The summed E-state index contributed by atoms with van der Waals surface area (Å²) >= 11 is 0. The number of sulfonamides is 1. The van der Waals surface area contributed by atoms with Crippen LogP contribution in [0.1, 0.15) is 40.0 Å². The van der Waals surface area contributed by atoms with Crippen LogP contribution in [-0.2, 0) is 19.6 Å². The van der Waals surface area contributed by atoms with E-state index in [1.807, 2.05) is 0 Å². The van der Waals surface area contributed by atoms with Gasteiger partial charge in [0, 0.05) is 26.2 Å². The third-order valence-corrected chi connectivity index (χ3v) is 8.84. The van der Waals surface area contributed by atoms with E-state index in [4.69, 9.17) is 0 Å². The highest BCUT2D eigenvalue weighted by Crippen LogP contribution is 2.46. The minimum absolute atomic E-state index is 0.0420. The van der Waals surface area contributed by atoms with Crippen molar-refractivity contribution < 1.29 is 27.2 Å². The van der Waals surface area contributed by atoms with E-state index in [0.29, 0.717) is 12.8 Å². The first-order chi connectivity index (χ1) is 15.8. The zero-order valence-electron chi connectivity index (χ0n) is 19.7. The minimum atomic E-state index is -3.88. The van der Waals surface area contributed by atoms with Crippen LogP contribution in [-0.4, -0.2) is 78.6 Å². The summed E-state index contributed by atoms with van der Waals surface area (Å²) in [5.74, 6) is -1.15. The number of hydrogen-bond acceptors (Lipinski definition) is 5. The maximum absolute atomic E-state index is 13.5. The first kappa shape index (κ1) is 24.6. The molecule has 1 aromatic carbocycles. The highest BCUT2D eigenvalue weighted by atomic mass is 32.2. The predicted molar refractivity (Wildman–Crippen MR) is 122 cm³/mol. The van der Waals surface area contributed by atoms with Crippen LogP contribution < -0.4 is 5.32 Å². The zero-order valence-corrected chi connectivity index (χ0v) is 20.5. The van der Waals surface area contributed by atoms with Crippen molar-refractivity contribution in [2.45, 2.75) is 50.5 Å². The monoisotopic (exact) mass is 494 g/mol. The molecule has 2 atom stereocenters. The van der Waals surface area contributed by atoms with E-state index in [2.05, 4.69) is 26.1 Å². The first-order valence-corrected chi connectivity index (χ1v) is 12.9. The molecule has 2 heterocycles. The van der Waals surface area contributed by atoms with Crippen LogP contribution in [0.3, 0.4) is 0 Å². The normalized spacial score (nSPS) is 27.8. The Morgan fingerprint density at radius 1 is 1.15 bits per heavy atom. The number of carbonyl (C=O) groups is 3. The summed E-state index contributed by atoms with van der Waals surface area (Å²) < 4.78 is 40.3. The van der Waals surface area contributed by atoms with Crippen LogP contribution in [0.25, 0.3) is 0 Å². The van der Waals surface area contributed by atoms with E-state index in [1.54, 1.807) is 0 Å². The maximum atomic E-state index is 13.5. The van der Waals surface area contributed by atoms with Gasteiger partial charge < -0.3 is 10.2 Å². The molecule has 11 heteroatoms. The molecule has 1 N–H and O–H groups in total. The van der Waals surface area contributed by atoms with Crippen molar-refractivity contribution in [1.82, 2.24) is 19.4 Å². The fourth-order valence-corrected chi connectivity index (χ4v) is 7.29. The number of imide groups is 1. The van der Waals surface area contributed by atoms with Crippen LogP contribution in [0, 0.1) is 17.2 Å². The van der Waals surface area contributed by atoms with Crippen LogP contribution in [0.15, 0.2) is 29.2 Å². The van der Waals surface area contributed by atoms with Crippen molar-refractivity contribution in [3.8, 4) is 0 Å². The van der Waals surface area contributed by atoms with Crippen molar-refractivity contribution in [3.63, 3.8) is 0 Å². The lowest BCUT2D eigenvalue weighted by molar-refractivity contribution is -0.141. The Balaban J connectivity index is 1.39. The van der Waals surface area contributed by atoms with Crippen molar-refractivity contribution >= 4 is 27.9 Å². The Hall–Kier alpha value is -2.53. The number of piperazine rings is 1. The molecule has 2 aliphatic heterocycles. The molecular formula is C23H31FN4O5S. The molecule has 3 fully saturated rings. The van der Waals surface area contributed by atoms with Gasteiger partial charge in [-0.25, -0.2) is 17.6 Å². The molecule has 1 aliphatic carbocycles. The Morgan fingerprint density at radius 3 is 2.44 bits per heavy atom. The van der Waals surface area contributed by atoms with Gasteiger partial charge in [0.15, 0.2) is 0 Å². The first-order valence-electron chi connectivity index (χ1n) is 11.5. The van der Waals surface area contributed by atoms with Crippen LogP contribution in [0.4, 0.5) is 9.18 Å². The maximum Gasteiger partial charge on any atom is 0.325 e. The predicted octanol–water partition coefficient (Wildman–Crippen LogP) is 1.80. The number of rotatable bonds is 4. The van der Waals surface area contributed by atoms with Gasteiger partial charge in [-0.15, -0.1) is 0 Å². The zero-order chi connectivity index (χ0) is 24.9. The molecule has 0 unspecified atom stereocenters. The standard InChI is InChI=1S/C23H31FN4O5S/c1-16-12-22(2,3)15-23(13-16)20(30)28(21(31)25-23)14-19(29)26-7-9-27(10-8-26)34(32,33)18-6-4-5-17(24)11-18/h4-6,11,16H,7-10,12-15H2,1-3H3,(H,25,31)/t16-,23-/m1/s1. The summed E-state index contributed by atoms with van der Waals surface area (Å²) in [6, 6.07) is 4.24. The molecule has 3 aliphatic rings. The van der Waals surface area contributed by atoms with Crippen LogP contribution in [0.5, 0.6) is 0 Å². The SMILES string of the molecule is C[C@@H]1CC(C)(C)C[C@@]2(C1)NC(=O)N(CC(=O)N1CCN(S(=O)(=O)c3cccc(F)c3)CC1)C2=O. The molecule has 4 amide bonds. The highest BCUT2D eigenvalue weighted by molar-refractivity contribution is 7.89. The van der Waals surface area contributed by atoms with E-state index < -0.39 is 33.3 Å². The van der Waals surface area contributed by atoms with Gasteiger partial charge in [-0.05, 0) is 48.8 Å². The lowest BCUT2D eigenvalue weighted by atomic mass is 9.64. The number of benzene rings is 1. The second-order valence-corrected chi connectivity index (χ2v) is 12.4. The number of hydrogen-bond donors (Lipinski definition) is 1. The summed E-state index contributed by atoms with van der Waals surface area (Å²) in [5, 5.41) is 2.86. The number of nitrogens with one attached hydrogen (secondary N) is 1. The van der Waals surface area contributed by atoms with Crippen molar-refractivity contribution in [2.24, 2.45) is 11.3 Å². The molecule has 34 heavy (non-hydrogen) atoms. The third-order valence-electron chi connectivity index (χ3n) is 6.94. The number of carbonyl (C=O) groups excluding carboxylic acids is 3. The van der Waals surface area contributed by atoms with Crippen molar-refractivity contribution in [1.29, 1.82) is 0 Å². The fourth-order valence-electron chi connectivity index (χ4n) is 5.84. The molecule has 186 valence electrons. The summed E-state index contributed by atoms with van der Waals surface area (Å²) in [4.78, 5) is 41.2. The van der Waals surface area contributed by atoms with Gasteiger partial charge in [0.2, 0.25) is 15.9 Å². The van der Waals surface area contributed by atoms with Crippen molar-refractivity contribution in [2.75, 3.05) is 32.7 Å². The number of nitrogens with zero attached hydrogens (tertiary/aromatic N) is 3. The molecule has 1 saturated carbocycles. The van der Waals surface area contributed by atoms with Crippen molar-refractivity contribution in [3.05, 3.63) is 30.1 Å². The fraction of sp³-hybridized carbons (Fsp3) is 0.609. The summed E-state index contributed by atoms with van der Waals surface area (Å²) in [7, 11) is -3.88. The molecule has 4 rings (SSSR count). The van der Waals surface area contributed by atoms with Crippen LogP contribution >= 0.6 is 0 Å². The highest BCUT2D eigenvalue weighted by Gasteiger charge is 2.56. The molecular weight excluding hydrogens is 463 g/mol. The lowest BCUT2D eigenvalue weighted by Gasteiger charge is -2.43. The summed E-state index contributed by atoms with van der Waals surface area (Å²) in [6.07, 6.45) is 2.03. The second kappa shape index (κ2) is 8.60. The van der Waals surface area contributed by atoms with Gasteiger partial charge in [-0.2, -0.15) is 4.31 Å². The Morgan fingerprint density at radius 2 is 1.82 bits per heavy atom. The van der Waals surface area contributed by atoms with E-state index >= 15 is 0 Å². The molecule has 9 nitrogen and oxygen atoms in total. The van der Waals surface area contributed by atoms with Gasteiger partial charge in [-0.1, -0.05) is 26.8 Å². The Labute approximate surface area is 199 Å². The molecule has 0 bridgehead atoms. The number of amides is 4. The Bertz CT molecular complexity index is 1120. The van der Waals surface area contributed by atoms with E-state index in [1.165, 1.54) is 27.4 Å². The van der Waals surface area contributed by atoms with E-state index in [9.17, 15) is 27.2 Å². The number of urea groups is 1. The van der Waals surface area contributed by atoms with Gasteiger partial charge in [0.25, 0.3) is 5.91 Å². The average molecular weight is 495 g/mol. The summed E-state index contributed by atoms with van der Waals surface area (Å²) in [6.45, 7) is 6.16. The quantitative estimate of drug-likeness (QED) is 0.643. The van der Waals surface area contributed by atoms with E-state index in [-0.39, 0.29) is 54.9 Å². The molecule has 0 aromatic heterocycles. The smallest absolute Gasteiger partial charge is 0.325 e. The van der Waals surface area contributed by atoms with Gasteiger partial charge in [-0.3, -0.25) is 14.5 Å². The topological polar surface area (TPSA) is 107 Å². The second-order valence-electron chi connectivity index (χ2n) is 10.5. The van der Waals surface area contributed by atoms with Crippen LogP contribution in [0.2, 0.25) is 0 Å². The summed E-state index contributed by atoms with van der Waals surface area (Å²) in [5.41, 5.74) is -1.08. The largest absolute Gasteiger partial charge is 0.338 e. The lowest BCUT2D eigenvalue weighted by Crippen LogP contribution is -2.55. The Kier molecular flexibility index (Phi) is 6.22. The van der Waals surface area contributed by atoms with Gasteiger partial charge in [0.05, 0.1) is 4.90 Å². The average Bonchev–Trinajstić information content (AvgIpc) is 2.95. The molecule has 1 spiro atoms. The van der Waals surface area contributed by atoms with Gasteiger partial charge >= 0.3 is 6.03 Å². The molecule has 1 aromatic rings. The molecule has 2 saturated heterocycles. The van der Waals surface area contributed by atoms with Gasteiger partial charge in [0.1, 0.15) is 17.9 Å². The molecule has 0 radical (unpaired) electrons.